The summed E-state index contributed by atoms with van der Waals surface area (Å²) in [7, 11) is -45.2. The molecule has 0 spiro atoms. The summed E-state index contributed by atoms with van der Waals surface area (Å²) in [6, 6.07) is 0.789. The standard InChI is InChI=1S/C30H69F3O10Si5.2C12H33F3O4Si5.C9H18O3.C8H21F3O4Si3.C2H7ClSi.2CH4/c1-26(34)22-38-28(3)24-36-17-14-19-44(5,6)40-46(9,10)42-48(13,21-16-30(31,32)33)43-47(11,12)41-45(7,8)20-15-18-37-25-29(4)39-23-27(2)35;2*1-20(2)16-22(5,6)18-24(9,11-10-12(13,14)15)19-23(7,8)17-21(3)4;1-4-5-11-7-9(3)12-6-8(2)10;1-16(2,12)14-18(5,15-17(3,4)13)7-6-8(9,10)11;1-4(2)3;;/h26-29,34-35H,14-25H2,1-13H3;2*20-21H,10-11H2,1-9H3;4,8-10H,1,5-7H2,2-3H3;12-13H,6-7H2,1-5H3;4H,1-2H3;2*1H4. The van der Waals surface area contributed by atoms with E-state index >= 15 is 0 Å². The van der Waals surface area contributed by atoms with Crippen molar-refractivity contribution in [1.82, 2.24) is 0 Å². The van der Waals surface area contributed by atoms with Crippen molar-refractivity contribution in [1.29, 1.82) is 0 Å². The van der Waals surface area contributed by atoms with Crippen LogP contribution in [0.1, 0.15) is 94.9 Å². The molecule has 806 valence electrons. The van der Waals surface area contributed by atoms with Crippen LogP contribution >= 0.6 is 11.1 Å². The molecule has 0 aliphatic rings. The summed E-state index contributed by atoms with van der Waals surface area (Å²) in [6.07, 6.45) is -19.3. The van der Waals surface area contributed by atoms with Crippen molar-refractivity contribution >= 4 is 175 Å². The van der Waals surface area contributed by atoms with Gasteiger partial charge in [-0.25, -0.2) is 0 Å². The number of hydrogen-bond donors (Lipinski definition) is 5. The molecule has 57 heteroatoms. The van der Waals surface area contributed by atoms with Gasteiger partial charge in [-0.2, -0.15) is 63.8 Å². The summed E-state index contributed by atoms with van der Waals surface area (Å²) in [5.74, 6) is 0. The Kier molecular flexibility index (Phi) is 77.0. The first-order valence-electron chi connectivity index (χ1n) is 44.9. The molecule has 0 saturated heterocycles. The lowest BCUT2D eigenvalue weighted by Crippen LogP contribution is -2.60. The average Bonchev–Trinajstić information content (AvgIpc) is 0.780. The minimum Gasteiger partial charge on any atom is -0.440 e. The van der Waals surface area contributed by atoms with E-state index in [1.807, 2.05) is 152 Å². The Hall–Kier alpha value is 2.31. The molecule has 0 amide bonds. The second kappa shape index (κ2) is 68.0. The second-order valence-electron chi connectivity index (χ2n) is 39.7. The van der Waals surface area contributed by atoms with Gasteiger partial charge < -0.3 is 111 Å². The van der Waals surface area contributed by atoms with Crippen LogP contribution in [0.2, 0.25) is 259 Å². The molecular formula is C75H189ClF12O25Si19. The van der Waals surface area contributed by atoms with Gasteiger partial charge in [0.15, 0.2) is 52.8 Å². The Balaban J connectivity index is -0.000000258. The van der Waals surface area contributed by atoms with Crippen LogP contribution in [0, 0.1) is 0 Å². The Morgan fingerprint density at radius 3 is 0.674 bits per heavy atom. The van der Waals surface area contributed by atoms with E-state index in [9.17, 15) is 72.5 Å². The molecule has 0 heterocycles. The first-order valence-corrected chi connectivity index (χ1v) is 99.0. The molecule has 0 rings (SSSR count). The Bertz CT molecular complexity index is 2700. The van der Waals surface area contributed by atoms with Crippen molar-refractivity contribution in [2.45, 2.75) is 415 Å². The minimum absolute atomic E-state index is 0. The molecule has 0 aliphatic carbocycles. The van der Waals surface area contributed by atoms with Gasteiger partial charge in [-0.1, -0.05) is 34.0 Å². The molecule has 6 atom stereocenters. The number of alkyl halides is 12. The van der Waals surface area contributed by atoms with E-state index < -0.39 is 232 Å². The van der Waals surface area contributed by atoms with E-state index in [0.29, 0.717) is 46.2 Å². The van der Waals surface area contributed by atoms with Gasteiger partial charge in [0.1, 0.15) is 8.11 Å². The summed E-state index contributed by atoms with van der Waals surface area (Å²) in [6.45, 7) is 82.0. The number of ether oxygens (including phenoxy) is 6. The van der Waals surface area contributed by atoms with Gasteiger partial charge in [-0.3, -0.25) is 0 Å². The number of aliphatic hydroxyl groups excluding tert-OH is 3. The highest BCUT2D eigenvalue weighted by atomic mass is 35.6. The Labute approximate surface area is 819 Å². The lowest BCUT2D eigenvalue weighted by molar-refractivity contribution is -0.132. The van der Waals surface area contributed by atoms with Crippen molar-refractivity contribution in [3.8, 4) is 0 Å². The highest BCUT2D eigenvalue weighted by molar-refractivity contribution is 7.05. The zero-order valence-electron chi connectivity index (χ0n) is 86.8. The van der Waals surface area contributed by atoms with Crippen LogP contribution in [-0.2, 0) is 86.0 Å². The zero-order chi connectivity index (χ0) is 104. The van der Waals surface area contributed by atoms with Gasteiger partial charge in [0, 0.05) is 38.9 Å². The smallest absolute Gasteiger partial charge is 0.389 e. The molecule has 0 aliphatic heterocycles. The third kappa shape index (κ3) is 104. The molecule has 0 aromatic carbocycles. The van der Waals surface area contributed by atoms with Crippen LogP contribution < -0.4 is 0 Å². The van der Waals surface area contributed by atoms with E-state index in [1.165, 1.54) is 32.7 Å². The average molecular weight is 2290 g/mol. The molecule has 0 fully saturated rings. The summed E-state index contributed by atoms with van der Waals surface area (Å²) in [4.78, 5) is 19.4. The van der Waals surface area contributed by atoms with Gasteiger partial charge in [0.25, 0.3) is 0 Å². The predicted molar refractivity (Wildman–Crippen MR) is 559 cm³/mol. The molecular weight excluding hydrogens is 2100 g/mol. The van der Waals surface area contributed by atoms with Gasteiger partial charge in [-0.05, 0) is 300 Å². The molecule has 6 unspecified atom stereocenters. The first-order chi connectivity index (χ1) is 57.6. The van der Waals surface area contributed by atoms with E-state index in [2.05, 4.69) is 45.9 Å². The highest BCUT2D eigenvalue weighted by Gasteiger charge is 2.53. The van der Waals surface area contributed by atoms with Crippen molar-refractivity contribution in [2.24, 2.45) is 0 Å². The highest BCUT2D eigenvalue weighted by Crippen LogP contribution is 2.38. The monoisotopic (exact) mass is 2280 g/mol. The molecule has 0 aromatic heterocycles. The maximum Gasteiger partial charge on any atom is 0.389 e. The second-order valence-corrected chi connectivity index (χ2v) is 106. The fourth-order valence-corrected chi connectivity index (χ4v) is 90.1. The van der Waals surface area contributed by atoms with Gasteiger partial charge in [0.2, 0.25) is 0 Å². The maximum atomic E-state index is 13.5. The fraction of sp³-hybridized carbons (Fsp3) is 0.973. The summed E-state index contributed by atoms with van der Waals surface area (Å²) in [5, 5.41) is 27.6. The number of hydrogen-bond acceptors (Lipinski definition) is 25. The van der Waals surface area contributed by atoms with E-state index in [-0.39, 0.29) is 70.6 Å². The summed E-state index contributed by atoms with van der Waals surface area (Å²) < 4.78 is 273. The third-order valence-corrected chi connectivity index (χ3v) is 77.9. The SMILES string of the molecule is C.C.C=CCOCC(C)OCC(C)O.CC(O)COC(C)COCCC[Si](C)(C)O[Si](C)(C)O[Si](C)(CCC(F)(F)F)O[Si](C)(C)O[Si](C)(C)CCCOCC(C)OCC(C)O.C[SiH](C)Cl.C[SiH](C)O[Si](C)(C)O[Si](C)(CCC(F)(F)F)O[Si](C)(C)O[SiH](C)C.C[SiH](C)O[Si](C)(C)O[Si](C)(CCC(F)(F)F)O[Si](C)(C)O[SiH](C)C.C[Si](C)(O)O[Si](C)(CCC(F)(F)F)O[Si](C)(C)O. The fourth-order valence-electron chi connectivity index (χ4n) is 13.1. The zero-order valence-corrected chi connectivity index (χ0v) is 107. The normalized spacial score (nSPS) is 15.5. The van der Waals surface area contributed by atoms with Crippen molar-refractivity contribution < 1.29 is 164 Å². The van der Waals surface area contributed by atoms with Crippen LogP contribution in [0.15, 0.2) is 12.7 Å². The van der Waals surface area contributed by atoms with Crippen molar-refractivity contribution in [3.05, 3.63) is 12.7 Å². The third-order valence-electron chi connectivity index (χ3n) is 15.6. The van der Waals surface area contributed by atoms with Gasteiger partial charge in [0.05, 0.1) is 82.9 Å². The van der Waals surface area contributed by atoms with E-state index in [0.717, 1.165) is 24.9 Å². The molecule has 0 radical (unpaired) electrons. The van der Waals surface area contributed by atoms with E-state index in [1.54, 1.807) is 46.5 Å². The molecule has 132 heavy (non-hydrogen) atoms. The summed E-state index contributed by atoms with van der Waals surface area (Å²) in [5.41, 5.74) is 0. The lowest BCUT2D eigenvalue weighted by Gasteiger charge is -2.44. The Morgan fingerprint density at radius 1 is 0.311 bits per heavy atom. The molecule has 0 bridgehead atoms. The van der Waals surface area contributed by atoms with Crippen LogP contribution in [0.3, 0.4) is 0 Å². The van der Waals surface area contributed by atoms with Crippen LogP contribution in [0.25, 0.3) is 0 Å². The topological polar surface area (TPSA) is 286 Å². The van der Waals surface area contributed by atoms with Crippen LogP contribution in [0.4, 0.5) is 52.7 Å². The molecule has 0 aromatic rings. The Morgan fingerprint density at radius 2 is 0.500 bits per heavy atom. The largest absolute Gasteiger partial charge is 0.440 e. The molecule has 5 N–H and O–H groups in total. The van der Waals surface area contributed by atoms with Crippen molar-refractivity contribution in [3.63, 3.8) is 0 Å². The first kappa shape index (κ1) is 150. The van der Waals surface area contributed by atoms with Crippen molar-refractivity contribution in [2.75, 3.05) is 59.5 Å². The van der Waals surface area contributed by atoms with E-state index in [4.69, 9.17) is 102 Å². The predicted octanol–water partition coefficient (Wildman–Crippen LogP) is 22.1. The number of halogens is 13. The number of aliphatic hydroxyl groups is 3. The quantitative estimate of drug-likeness (QED) is 0.0124. The van der Waals surface area contributed by atoms with Gasteiger partial charge >= 0.3 is 127 Å². The van der Waals surface area contributed by atoms with Crippen LogP contribution in [-0.4, -0.2) is 309 Å². The lowest BCUT2D eigenvalue weighted by atomic mass is 10.4. The minimum atomic E-state index is -4.33. The molecule has 25 nitrogen and oxygen atoms in total. The summed E-state index contributed by atoms with van der Waals surface area (Å²) >= 11 is 5.41. The van der Waals surface area contributed by atoms with Crippen LogP contribution in [0.5, 0.6) is 0 Å². The molecule has 0 saturated carbocycles. The van der Waals surface area contributed by atoms with Gasteiger partial charge in [-0.15, -0.1) is 6.58 Å². The maximum absolute atomic E-state index is 13.5. The number of rotatable bonds is 61.